The highest BCUT2D eigenvalue weighted by Crippen LogP contribution is 2.35. The van der Waals surface area contributed by atoms with Crippen molar-refractivity contribution in [3.05, 3.63) is 48.0 Å². The first kappa shape index (κ1) is 11.8. The second-order valence-electron chi connectivity index (χ2n) is 4.36. The first-order valence-corrected chi connectivity index (χ1v) is 6.31. The minimum atomic E-state index is -0.329. The van der Waals surface area contributed by atoms with E-state index in [1.807, 2.05) is 30.3 Å². The largest absolute Gasteiger partial charge is 0.354 e. The fourth-order valence-electron chi connectivity index (χ4n) is 2.46. The average Bonchev–Trinajstić information content (AvgIpc) is 2.86. The summed E-state index contributed by atoms with van der Waals surface area (Å²) in [7, 11) is 2.23. The number of rotatable bonds is 2. The monoisotopic (exact) mass is 263 g/mol. The predicted octanol–water partition coefficient (Wildman–Crippen LogP) is 1.66. The Morgan fingerprint density at radius 2 is 2.11 bits per heavy atom. The molecule has 3 rings (SSSR count). The summed E-state index contributed by atoms with van der Waals surface area (Å²) >= 11 is 0. The predicted molar refractivity (Wildman–Crippen MR) is 69.5 cm³/mol. The van der Waals surface area contributed by atoms with E-state index >= 15 is 0 Å². The van der Waals surface area contributed by atoms with E-state index < -0.39 is 0 Å². The zero-order chi connectivity index (χ0) is 12.5. The molecule has 0 aliphatic carbocycles. The van der Waals surface area contributed by atoms with E-state index in [1.54, 1.807) is 17.1 Å². The molecule has 0 saturated carbocycles. The lowest BCUT2D eigenvalue weighted by atomic mass is 10.0. The number of nitrogens with zero attached hydrogens (tertiary/aromatic N) is 1. The van der Waals surface area contributed by atoms with Gasteiger partial charge in [0.1, 0.15) is 6.10 Å². The van der Waals surface area contributed by atoms with Gasteiger partial charge in [-0.05, 0) is 11.6 Å². The van der Waals surface area contributed by atoms with Gasteiger partial charge in [0.05, 0.1) is 12.6 Å². The van der Waals surface area contributed by atoms with Gasteiger partial charge in [-0.2, -0.15) is 0 Å². The molecule has 5 heteroatoms. The molecule has 2 heterocycles. The second-order valence-corrected chi connectivity index (χ2v) is 4.63. The van der Waals surface area contributed by atoms with Crippen LogP contribution in [-0.2, 0) is 14.1 Å². The highest BCUT2D eigenvalue weighted by atomic mass is 31.0. The molecule has 1 aromatic rings. The fourth-order valence-corrected chi connectivity index (χ4v) is 2.69. The van der Waals surface area contributed by atoms with Gasteiger partial charge in [0, 0.05) is 15.5 Å². The summed E-state index contributed by atoms with van der Waals surface area (Å²) in [6.45, 7) is 0.507. The summed E-state index contributed by atoms with van der Waals surface area (Å²) < 4.78 is 11.0. The molecular formula is C13H14NO3P. The van der Waals surface area contributed by atoms with E-state index in [2.05, 4.69) is 9.47 Å². The lowest BCUT2D eigenvalue weighted by Gasteiger charge is -2.33. The Balaban J connectivity index is 1.92. The normalized spacial score (nSPS) is 30.6. The lowest BCUT2D eigenvalue weighted by Crippen LogP contribution is -2.46. The zero-order valence-corrected chi connectivity index (χ0v) is 10.9. The molecule has 4 nitrogen and oxygen atoms in total. The van der Waals surface area contributed by atoms with E-state index in [-0.39, 0.29) is 24.3 Å². The Bertz CT molecular complexity index is 476. The Morgan fingerprint density at radius 3 is 2.83 bits per heavy atom. The maximum Gasteiger partial charge on any atom is 0.249 e. The maximum atomic E-state index is 12.0. The third-order valence-electron chi connectivity index (χ3n) is 3.34. The van der Waals surface area contributed by atoms with Crippen LogP contribution in [0.25, 0.3) is 0 Å². The molecule has 0 N–H and O–H groups in total. The van der Waals surface area contributed by atoms with Crippen molar-refractivity contribution in [3.8, 4) is 0 Å². The van der Waals surface area contributed by atoms with Gasteiger partial charge < -0.3 is 14.2 Å². The number of benzene rings is 1. The van der Waals surface area contributed by atoms with E-state index in [0.717, 1.165) is 5.56 Å². The molecule has 2 aliphatic rings. The van der Waals surface area contributed by atoms with Crippen molar-refractivity contribution in [2.45, 2.75) is 18.4 Å². The third-order valence-corrected chi connectivity index (χ3v) is 3.65. The molecule has 2 aliphatic heterocycles. The van der Waals surface area contributed by atoms with Gasteiger partial charge in [-0.3, -0.25) is 4.79 Å². The van der Waals surface area contributed by atoms with Crippen molar-refractivity contribution in [3.63, 3.8) is 0 Å². The van der Waals surface area contributed by atoms with Gasteiger partial charge in [-0.1, -0.05) is 30.3 Å². The first-order valence-electron chi connectivity index (χ1n) is 5.84. The Labute approximate surface area is 108 Å². The molecule has 1 amide bonds. The molecule has 1 saturated heterocycles. The Kier molecular flexibility index (Phi) is 3.16. The smallest absolute Gasteiger partial charge is 0.249 e. The van der Waals surface area contributed by atoms with Gasteiger partial charge in [0.2, 0.25) is 5.91 Å². The number of carbonyl (C=O) groups excluding carboxylic acids is 1. The number of hydrogen-bond acceptors (Lipinski definition) is 3. The van der Waals surface area contributed by atoms with Gasteiger partial charge in [-0.25, -0.2) is 0 Å². The maximum absolute atomic E-state index is 12.0. The standard InChI is InChI=1S/C13H14NO3P/c15-12-7-6-11(17-18)13-14(12)10(8-16-13)9-4-2-1-3-5-9/h1-7,10-11,13H,8,18H2/t10?,11-,13?/m0/s1. The van der Waals surface area contributed by atoms with Crippen LogP contribution in [0.5, 0.6) is 0 Å². The number of amides is 1. The van der Waals surface area contributed by atoms with Crippen molar-refractivity contribution in [1.82, 2.24) is 4.90 Å². The van der Waals surface area contributed by atoms with Gasteiger partial charge in [-0.15, -0.1) is 0 Å². The zero-order valence-electron chi connectivity index (χ0n) is 9.73. The minimum absolute atomic E-state index is 0.0235. The van der Waals surface area contributed by atoms with Crippen LogP contribution in [0.3, 0.4) is 0 Å². The molecule has 1 aromatic carbocycles. The van der Waals surface area contributed by atoms with Crippen LogP contribution in [0.2, 0.25) is 0 Å². The minimum Gasteiger partial charge on any atom is -0.354 e. The molecule has 0 radical (unpaired) electrons. The van der Waals surface area contributed by atoms with E-state index in [4.69, 9.17) is 9.26 Å². The molecule has 0 bridgehead atoms. The van der Waals surface area contributed by atoms with Crippen molar-refractivity contribution in [2.24, 2.45) is 0 Å². The highest BCUT2D eigenvalue weighted by Gasteiger charge is 2.43. The molecule has 1 fully saturated rings. The van der Waals surface area contributed by atoms with E-state index in [0.29, 0.717) is 6.61 Å². The molecular weight excluding hydrogens is 249 g/mol. The topological polar surface area (TPSA) is 38.8 Å². The molecule has 0 spiro atoms. The summed E-state index contributed by atoms with van der Waals surface area (Å²) in [4.78, 5) is 13.8. The van der Waals surface area contributed by atoms with E-state index in [1.165, 1.54) is 0 Å². The van der Waals surface area contributed by atoms with E-state index in [9.17, 15) is 4.79 Å². The van der Waals surface area contributed by atoms with Gasteiger partial charge in [0.25, 0.3) is 0 Å². The summed E-state index contributed by atoms with van der Waals surface area (Å²) in [6, 6.07) is 9.89. The first-order chi connectivity index (χ1) is 8.81. The molecule has 3 unspecified atom stereocenters. The van der Waals surface area contributed by atoms with Crippen LogP contribution in [0, 0.1) is 0 Å². The fraction of sp³-hybridized carbons (Fsp3) is 0.308. The number of hydrogen-bond donors (Lipinski definition) is 0. The van der Waals surface area contributed by atoms with Crippen molar-refractivity contribution in [2.75, 3.05) is 6.61 Å². The van der Waals surface area contributed by atoms with Crippen molar-refractivity contribution < 1.29 is 14.1 Å². The summed E-state index contributed by atoms with van der Waals surface area (Å²) in [5.41, 5.74) is 1.09. The molecule has 4 atom stereocenters. The van der Waals surface area contributed by atoms with Crippen LogP contribution >= 0.6 is 9.47 Å². The van der Waals surface area contributed by atoms with Crippen molar-refractivity contribution in [1.29, 1.82) is 0 Å². The van der Waals surface area contributed by atoms with Crippen LogP contribution < -0.4 is 0 Å². The number of carbonyl (C=O) groups is 1. The molecule has 18 heavy (non-hydrogen) atoms. The Morgan fingerprint density at radius 1 is 1.33 bits per heavy atom. The second kappa shape index (κ2) is 4.81. The van der Waals surface area contributed by atoms with Gasteiger partial charge in [0.15, 0.2) is 6.23 Å². The SMILES string of the molecule is O=C1C=C[C@H](OP)C2OCC(c3ccccc3)N12. The average molecular weight is 263 g/mol. The highest BCUT2D eigenvalue weighted by molar-refractivity contribution is 7.09. The third kappa shape index (κ3) is 1.87. The van der Waals surface area contributed by atoms with Crippen LogP contribution in [0.1, 0.15) is 11.6 Å². The van der Waals surface area contributed by atoms with Crippen LogP contribution in [0.15, 0.2) is 42.5 Å². The van der Waals surface area contributed by atoms with Gasteiger partial charge >= 0.3 is 0 Å². The Hall–Kier alpha value is -1.22. The quantitative estimate of drug-likeness (QED) is 0.762. The summed E-state index contributed by atoms with van der Waals surface area (Å²) in [5, 5.41) is 0. The lowest BCUT2D eigenvalue weighted by molar-refractivity contribution is -0.137. The van der Waals surface area contributed by atoms with Crippen molar-refractivity contribution >= 4 is 15.4 Å². The summed E-state index contributed by atoms with van der Waals surface area (Å²) in [5.74, 6) is -0.0235. The molecule has 94 valence electrons. The summed E-state index contributed by atoms with van der Waals surface area (Å²) in [6.07, 6.45) is 2.74. The number of ether oxygens (including phenoxy) is 1. The molecule has 0 aromatic heterocycles. The van der Waals surface area contributed by atoms with Crippen LogP contribution in [-0.4, -0.2) is 29.7 Å². The van der Waals surface area contributed by atoms with Crippen LogP contribution in [0.4, 0.5) is 0 Å². The number of fused-ring (bicyclic) bond motifs is 1.